The van der Waals surface area contributed by atoms with Gasteiger partial charge in [-0.05, 0) is 47.6 Å². The molecule has 5 nitrogen and oxygen atoms in total. The molecule has 1 amide bonds. The number of carbonyl (C=O) groups is 1. The number of aromatic nitrogens is 2. The molecule has 1 unspecified atom stereocenters. The Hall–Kier alpha value is -2.92. The minimum absolute atomic E-state index is 0.0191. The van der Waals surface area contributed by atoms with Gasteiger partial charge in [0.15, 0.2) is 0 Å². The van der Waals surface area contributed by atoms with Crippen molar-refractivity contribution in [3.05, 3.63) is 77.9 Å². The Bertz CT molecular complexity index is 960. The maximum Gasteiger partial charge on any atom is 0.251 e. The molecule has 144 valence electrons. The lowest BCUT2D eigenvalue weighted by molar-refractivity contribution is 0.0279. The highest BCUT2D eigenvalue weighted by Crippen LogP contribution is 2.36. The third-order valence-corrected chi connectivity index (χ3v) is 5.44. The molecular weight excluding hydrogens is 350 g/mol. The van der Waals surface area contributed by atoms with Gasteiger partial charge in [-0.25, -0.2) is 4.98 Å². The third-order valence-electron chi connectivity index (χ3n) is 5.44. The highest BCUT2D eigenvalue weighted by Gasteiger charge is 2.36. The molecule has 0 spiro atoms. The van der Waals surface area contributed by atoms with Gasteiger partial charge in [-0.1, -0.05) is 50.2 Å². The molecule has 0 radical (unpaired) electrons. The summed E-state index contributed by atoms with van der Waals surface area (Å²) >= 11 is 0. The highest BCUT2D eigenvalue weighted by atomic mass is 16.3. The van der Waals surface area contributed by atoms with Crippen LogP contribution >= 0.6 is 0 Å². The Kier molecular flexibility index (Phi) is 4.77. The van der Waals surface area contributed by atoms with Gasteiger partial charge in [-0.2, -0.15) is 0 Å². The number of hydrogen-bond donors (Lipinski definition) is 3. The van der Waals surface area contributed by atoms with Crippen molar-refractivity contribution in [2.45, 2.75) is 38.3 Å². The quantitative estimate of drug-likeness (QED) is 0.612. The zero-order chi connectivity index (χ0) is 19.7. The number of hydrogen-bond acceptors (Lipinski definition) is 3. The van der Waals surface area contributed by atoms with Crippen LogP contribution < -0.4 is 5.32 Å². The van der Waals surface area contributed by atoms with Gasteiger partial charge in [-0.3, -0.25) is 4.79 Å². The van der Waals surface area contributed by atoms with Crippen molar-refractivity contribution in [3.8, 4) is 11.1 Å². The second kappa shape index (κ2) is 7.24. The van der Waals surface area contributed by atoms with Crippen LogP contribution in [0.2, 0.25) is 0 Å². The monoisotopic (exact) mass is 375 g/mol. The first-order valence-electron chi connectivity index (χ1n) is 9.71. The van der Waals surface area contributed by atoms with Gasteiger partial charge in [0.05, 0.1) is 18.2 Å². The van der Waals surface area contributed by atoms with Crippen molar-refractivity contribution < 1.29 is 9.90 Å². The first-order valence-corrected chi connectivity index (χ1v) is 9.71. The molecule has 0 saturated heterocycles. The molecule has 28 heavy (non-hydrogen) atoms. The second-order valence-corrected chi connectivity index (χ2v) is 7.79. The van der Waals surface area contributed by atoms with Gasteiger partial charge in [0, 0.05) is 11.6 Å². The number of carbonyl (C=O) groups excluding carboxylic acids is 1. The summed E-state index contributed by atoms with van der Waals surface area (Å²) in [6, 6.07) is 15.8. The fourth-order valence-corrected chi connectivity index (χ4v) is 3.52. The number of H-pyrrole nitrogens is 1. The molecule has 4 rings (SSSR count). The van der Waals surface area contributed by atoms with E-state index in [1.165, 1.54) is 0 Å². The molecule has 1 saturated carbocycles. The van der Waals surface area contributed by atoms with Crippen LogP contribution in [0.5, 0.6) is 0 Å². The fourth-order valence-electron chi connectivity index (χ4n) is 3.52. The van der Waals surface area contributed by atoms with E-state index in [1.54, 1.807) is 12.5 Å². The van der Waals surface area contributed by atoms with E-state index in [4.69, 9.17) is 0 Å². The normalized spacial score (nSPS) is 16.0. The molecule has 1 heterocycles. The molecule has 3 aromatic rings. The van der Waals surface area contributed by atoms with Crippen molar-refractivity contribution >= 4 is 5.91 Å². The topological polar surface area (TPSA) is 78.0 Å². The average Bonchev–Trinajstić information content (AvgIpc) is 3.35. The molecule has 5 heteroatoms. The number of amides is 1. The minimum Gasteiger partial charge on any atom is -0.379 e. The summed E-state index contributed by atoms with van der Waals surface area (Å²) in [5.41, 5.74) is 2.99. The Morgan fingerprint density at radius 2 is 1.93 bits per heavy atom. The Morgan fingerprint density at radius 1 is 1.18 bits per heavy atom. The predicted octanol–water partition coefficient (Wildman–Crippen LogP) is 3.86. The molecule has 3 N–H and O–H groups in total. The number of rotatable bonds is 6. The van der Waals surface area contributed by atoms with Crippen LogP contribution in [0.25, 0.3) is 11.1 Å². The van der Waals surface area contributed by atoms with E-state index in [1.807, 2.05) is 62.4 Å². The number of imidazole rings is 1. The van der Waals surface area contributed by atoms with Gasteiger partial charge in [0.2, 0.25) is 0 Å². The zero-order valence-electron chi connectivity index (χ0n) is 16.1. The first kappa shape index (κ1) is 18.4. The van der Waals surface area contributed by atoms with Crippen LogP contribution in [-0.4, -0.2) is 27.0 Å². The largest absolute Gasteiger partial charge is 0.379 e. The maximum atomic E-state index is 12.3. The first-order chi connectivity index (χ1) is 13.5. The van der Waals surface area contributed by atoms with E-state index in [0.717, 1.165) is 29.5 Å². The number of aromatic amines is 1. The fraction of sp³-hybridized carbons (Fsp3) is 0.304. The highest BCUT2D eigenvalue weighted by molar-refractivity contribution is 5.95. The van der Waals surface area contributed by atoms with Crippen molar-refractivity contribution in [2.75, 3.05) is 0 Å². The molecule has 0 bridgehead atoms. The number of benzene rings is 2. The average molecular weight is 375 g/mol. The lowest BCUT2D eigenvalue weighted by Gasteiger charge is -2.31. The maximum absolute atomic E-state index is 12.3. The van der Waals surface area contributed by atoms with Crippen molar-refractivity contribution in [2.24, 2.45) is 5.92 Å². The standard InChI is InChI=1S/C23H25N3O2/c1-15(2)23(28,21-13-24-14-25-21)19-8-6-16(7-9-19)17-4-3-5-18(12-17)22(27)26-20-10-11-20/h3-9,12-15,20,28H,10-11H2,1-2H3,(H,24,25)(H,26,27). The summed E-state index contributed by atoms with van der Waals surface area (Å²) in [5.74, 6) is -0.0531. The van der Waals surface area contributed by atoms with E-state index >= 15 is 0 Å². The van der Waals surface area contributed by atoms with Crippen LogP contribution in [0.15, 0.2) is 61.1 Å². The molecule has 1 fully saturated rings. The summed E-state index contributed by atoms with van der Waals surface area (Å²) in [5, 5.41) is 14.4. The smallest absolute Gasteiger partial charge is 0.251 e. The van der Waals surface area contributed by atoms with Gasteiger partial charge in [0.1, 0.15) is 5.60 Å². The molecule has 1 atom stereocenters. The van der Waals surface area contributed by atoms with E-state index in [-0.39, 0.29) is 11.8 Å². The molecule has 1 aliphatic carbocycles. The van der Waals surface area contributed by atoms with Gasteiger partial charge in [-0.15, -0.1) is 0 Å². The van der Waals surface area contributed by atoms with E-state index in [9.17, 15) is 9.90 Å². The lowest BCUT2D eigenvalue weighted by atomic mass is 9.80. The van der Waals surface area contributed by atoms with Crippen molar-refractivity contribution in [1.29, 1.82) is 0 Å². The minimum atomic E-state index is -1.14. The molecular formula is C23H25N3O2. The lowest BCUT2D eigenvalue weighted by Crippen LogP contribution is -2.33. The Balaban J connectivity index is 1.62. The van der Waals surface area contributed by atoms with Crippen molar-refractivity contribution in [3.63, 3.8) is 0 Å². The van der Waals surface area contributed by atoms with Crippen LogP contribution in [0.1, 0.15) is 48.3 Å². The van der Waals surface area contributed by atoms with Gasteiger partial charge >= 0.3 is 0 Å². The summed E-state index contributed by atoms with van der Waals surface area (Å²) in [6.45, 7) is 3.97. The Morgan fingerprint density at radius 3 is 2.54 bits per heavy atom. The van der Waals surface area contributed by atoms with Crippen LogP contribution in [0, 0.1) is 5.92 Å². The number of aliphatic hydroxyl groups is 1. The van der Waals surface area contributed by atoms with Crippen LogP contribution in [0.3, 0.4) is 0 Å². The summed E-state index contributed by atoms with van der Waals surface area (Å²) in [6.07, 6.45) is 5.38. The van der Waals surface area contributed by atoms with E-state index in [0.29, 0.717) is 17.3 Å². The summed E-state index contributed by atoms with van der Waals surface area (Å²) < 4.78 is 0. The molecule has 0 aliphatic heterocycles. The Labute approximate surface area is 164 Å². The summed E-state index contributed by atoms with van der Waals surface area (Å²) in [4.78, 5) is 19.4. The van der Waals surface area contributed by atoms with E-state index in [2.05, 4.69) is 15.3 Å². The van der Waals surface area contributed by atoms with E-state index < -0.39 is 5.60 Å². The molecule has 2 aromatic carbocycles. The van der Waals surface area contributed by atoms with Crippen molar-refractivity contribution in [1.82, 2.24) is 15.3 Å². The number of nitrogens with zero attached hydrogens (tertiary/aromatic N) is 1. The predicted molar refractivity (Wildman–Crippen MR) is 109 cm³/mol. The van der Waals surface area contributed by atoms with Gasteiger partial charge in [0.25, 0.3) is 5.91 Å². The summed E-state index contributed by atoms with van der Waals surface area (Å²) in [7, 11) is 0. The van der Waals surface area contributed by atoms with Crippen LogP contribution in [-0.2, 0) is 5.60 Å². The molecule has 1 aromatic heterocycles. The third kappa shape index (κ3) is 3.45. The van der Waals surface area contributed by atoms with Gasteiger partial charge < -0.3 is 15.4 Å². The molecule has 1 aliphatic rings. The second-order valence-electron chi connectivity index (χ2n) is 7.79. The SMILES string of the molecule is CC(C)C(O)(c1ccc(-c2cccc(C(=O)NC3CC3)c2)cc1)c1cnc[nH]1. The zero-order valence-corrected chi connectivity index (χ0v) is 16.1. The number of nitrogens with one attached hydrogen (secondary N) is 2. The van der Waals surface area contributed by atoms with Crippen LogP contribution in [0.4, 0.5) is 0 Å².